The number of piperidine rings is 1. The summed E-state index contributed by atoms with van der Waals surface area (Å²) in [6.07, 6.45) is 1.11. The van der Waals surface area contributed by atoms with Crippen molar-refractivity contribution in [2.24, 2.45) is 5.92 Å². The lowest BCUT2D eigenvalue weighted by molar-refractivity contribution is -0.122. The van der Waals surface area contributed by atoms with E-state index in [9.17, 15) is 4.79 Å². The van der Waals surface area contributed by atoms with Gasteiger partial charge < -0.3 is 15.2 Å². The summed E-state index contributed by atoms with van der Waals surface area (Å²) >= 11 is 0. The largest absolute Gasteiger partial charge is 0.350 e. The van der Waals surface area contributed by atoms with Gasteiger partial charge in [-0.15, -0.1) is 0 Å². The molecular weight excluding hydrogens is 264 g/mol. The minimum absolute atomic E-state index is 0.0572. The van der Waals surface area contributed by atoms with Gasteiger partial charge in [-0.1, -0.05) is 19.1 Å². The van der Waals surface area contributed by atoms with Gasteiger partial charge >= 0.3 is 0 Å². The van der Waals surface area contributed by atoms with Crippen LogP contribution < -0.4 is 10.6 Å². The number of aryl methyl sites for hydroxylation is 1. The van der Waals surface area contributed by atoms with Crippen LogP contribution in [0.2, 0.25) is 0 Å². The molecule has 1 saturated heterocycles. The Hall–Kier alpha value is -1.88. The van der Waals surface area contributed by atoms with Crippen LogP contribution >= 0.6 is 0 Å². The van der Waals surface area contributed by atoms with Crippen LogP contribution in [-0.2, 0) is 11.3 Å². The van der Waals surface area contributed by atoms with Gasteiger partial charge in [0, 0.05) is 12.6 Å². The molecule has 1 amide bonds. The molecule has 1 aliphatic rings. The number of hydrogen-bond donors (Lipinski definition) is 2. The molecule has 2 unspecified atom stereocenters. The maximum absolute atomic E-state index is 12.3. The number of imidazole rings is 1. The third-order valence-electron chi connectivity index (χ3n) is 4.32. The smallest absolute Gasteiger partial charge is 0.240 e. The number of hydrogen-bond acceptors (Lipinski definition) is 3. The van der Waals surface area contributed by atoms with Crippen molar-refractivity contribution in [1.29, 1.82) is 0 Å². The van der Waals surface area contributed by atoms with Crippen molar-refractivity contribution in [3.05, 3.63) is 30.1 Å². The highest BCUT2D eigenvalue weighted by molar-refractivity contribution is 5.81. The Labute approximate surface area is 124 Å². The number of nitrogens with zero attached hydrogens (tertiary/aromatic N) is 2. The van der Waals surface area contributed by atoms with Gasteiger partial charge in [-0.05, 0) is 37.9 Å². The molecule has 1 aromatic heterocycles. The highest BCUT2D eigenvalue weighted by Crippen LogP contribution is 2.16. The maximum Gasteiger partial charge on any atom is 0.240 e. The molecule has 1 aliphatic heterocycles. The standard InChI is InChI=1S/C16H22N4O/c1-11-7-8-17-9-14(11)19-16(21)10-20-12(2)18-13-5-3-4-6-15(13)20/h3-6,11,14,17H,7-10H2,1-2H3,(H,19,21). The minimum atomic E-state index is 0.0572. The lowest BCUT2D eigenvalue weighted by Crippen LogP contribution is -2.50. The number of benzene rings is 1. The van der Waals surface area contributed by atoms with E-state index < -0.39 is 0 Å². The Bertz CT molecular complexity index is 649. The Morgan fingerprint density at radius 1 is 1.48 bits per heavy atom. The topological polar surface area (TPSA) is 59.0 Å². The molecular formula is C16H22N4O. The zero-order chi connectivity index (χ0) is 14.8. The number of fused-ring (bicyclic) bond motifs is 1. The Morgan fingerprint density at radius 2 is 2.29 bits per heavy atom. The fraction of sp³-hybridized carbons (Fsp3) is 0.500. The second kappa shape index (κ2) is 5.85. The second-order valence-corrected chi connectivity index (χ2v) is 5.88. The van der Waals surface area contributed by atoms with Gasteiger partial charge in [0.1, 0.15) is 12.4 Å². The molecule has 0 bridgehead atoms. The first-order valence-corrected chi connectivity index (χ1v) is 7.57. The predicted octanol–water partition coefficient (Wildman–Crippen LogP) is 1.46. The summed E-state index contributed by atoms with van der Waals surface area (Å²) in [4.78, 5) is 16.8. The summed E-state index contributed by atoms with van der Waals surface area (Å²) in [5.41, 5.74) is 1.95. The van der Waals surface area contributed by atoms with Gasteiger partial charge in [0.05, 0.1) is 11.0 Å². The van der Waals surface area contributed by atoms with Crippen molar-refractivity contribution in [2.45, 2.75) is 32.9 Å². The summed E-state index contributed by atoms with van der Waals surface area (Å²) in [5, 5.41) is 6.49. The minimum Gasteiger partial charge on any atom is -0.350 e. The first kappa shape index (κ1) is 14.1. The average molecular weight is 286 g/mol. The van der Waals surface area contributed by atoms with E-state index in [1.807, 2.05) is 35.8 Å². The monoisotopic (exact) mass is 286 g/mol. The second-order valence-electron chi connectivity index (χ2n) is 5.88. The zero-order valence-electron chi connectivity index (χ0n) is 12.6. The third kappa shape index (κ3) is 2.93. The normalized spacial score (nSPS) is 22.4. The predicted molar refractivity (Wildman–Crippen MR) is 83.1 cm³/mol. The Morgan fingerprint density at radius 3 is 3.10 bits per heavy atom. The van der Waals surface area contributed by atoms with Crippen molar-refractivity contribution in [3.8, 4) is 0 Å². The van der Waals surface area contributed by atoms with Gasteiger partial charge in [0.15, 0.2) is 0 Å². The molecule has 0 radical (unpaired) electrons. The van der Waals surface area contributed by atoms with Gasteiger partial charge in [-0.25, -0.2) is 4.98 Å². The number of rotatable bonds is 3. The highest BCUT2D eigenvalue weighted by atomic mass is 16.2. The van der Waals surface area contributed by atoms with Gasteiger partial charge in [-0.2, -0.15) is 0 Å². The van der Waals surface area contributed by atoms with E-state index >= 15 is 0 Å². The van der Waals surface area contributed by atoms with Gasteiger partial charge in [0.2, 0.25) is 5.91 Å². The number of carbonyl (C=O) groups excluding carboxylic acids is 1. The molecule has 0 saturated carbocycles. The van der Waals surface area contributed by atoms with E-state index in [2.05, 4.69) is 22.5 Å². The number of aromatic nitrogens is 2. The van der Waals surface area contributed by atoms with Crippen molar-refractivity contribution >= 4 is 16.9 Å². The molecule has 2 aromatic rings. The van der Waals surface area contributed by atoms with Crippen LogP contribution in [0.5, 0.6) is 0 Å². The first-order chi connectivity index (χ1) is 10.1. The molecule has 5 heteroatoms. The zero-order valence-corrected chi connectivity index (χ0v) is 12.6. The summed E-state index contributed by atoms with van der Waals surface area (Å²) in [7, 11) is 0. The summed E-state index contributed by atoms with van der Waals surface area (Å²) in [6.45, 7) is 6.37. The molecule has 0 spiro atoms. The third-order valence-corrected chi connectivity index (χ3v) is 4.32. The van der Waals surface area contributed by atoms with Crippen LogP contribution in [0, 0.1) is 12.8 Å². The summed E-state index contributed by atoms with van der Waals surface area (Å²) in [5.74, 6) is 1.46. The molecule has 21 heavy (non-hydrogen) atoms. The van der Waals surface area contributed by atoms with Crippen LogP contribution in [0.1, 0.15) is 19.2 Å². The van der Waals surface area contributed by atoms with Crippen LogP contribution in [0.15, 0.2) is 24.3 Å². The fourth-order valence-corrected chi connectivity index (χ4v) is 2.97. The maximum atomic E-state index is 12.3. The molecule has 3 rings (SSSR count). The quantitative estimate of drug-likeness (QED) is 0.898. The van der Waals surface area contributed by atoms with Crippen molar-refractivity contribution < 1.29 is 4.79 Å². The van der Waals surface area contributed by atoms with E-state index in [-0.39, 0.29) is 11.9 Å². The van der Waals surface area contributed by atoms with Gasteiger partial charge in [-0.3, -0.25) is 4.79 Å². The highest BCUT2D eigenvalue weighted by Gasteiger charge is 2.23. The molecule has 1 fully saturated rings. The number of para-hydroxylation sites is 2. The fourth-order valence-electron chi connectivity index (χ4n) is 2.97. The molecule has 2 N–H and O–H groups in total. The van der Waals surface area contributed by atoms with E-state index in [1.54, 1.807) is 0 Å². The van der Waals surface area contributed by atoms with Crippen LogP contribution in [0.25, 0.3) is 11.0 Å². The molecule has 112 valence electrons. The van der Waals surface area contributed by atoms with Crippen LogP contribution in [0.3, 0.4) is 0 Å². The van der Waals surface area contributed by atoms with Crippen LogP contribution in [0.4, 0.5) is 0 Å². The lowest BCUT2D eigenvalue weighted by Gasteiger charge is -2.30. The molecule has 1 aromatic carbocycles. The average Bonchev–Trinajstić information content (AvgIpc) is 2.78. The van der Waals surface area contributed by atoms with E-state index in [0.717, 1.165) is 36.4 Å². The summed E-state index contributed by atoms with van der Waals surface area (Å²) < 4.78 is 1.98. The Kier molecular flexibility index (Phi) is 3.92. The van der Waals surface area contributed by atoms with Gasteiger partial charge in [0.25, 0.3) is 0 Å². The number of nitrogens with one attached hydrogen (secondary N) is 2. The van der Waals surface area contributed by atoms with E-state index in [0.29, 0.717) is 12.5 Å². The molecule has 2 atom stereocenters. The van der Waals surface area contributed by atoms with Crippen molar-refractivity contribution in [1.82, 2.24) is 20.2 Å². The van der Waals surface area contributed by atoms with E-state index in [4.69, 9.17) is 0 Å². The van der Waals surface area contributed by atoms with Crippen molar-refractivity contribution in [3.63, 3.8) is 0 Å². The molecule has 5 nitrogen and oxygen atoms in total. The van der Waals surface area contributed by atoms with Crippen molar-refractivity contribution in [2.75, 3.05) is 13.1 Å². The first-order valence-electron chi connectivity index (χ1n) is 7.57. The Balaban J connectivity index is 1.73. The number of carbonyl (C=O) groups is 1. The van der Waals surface area contributed by atoms with Crippen LogP contribution in [-0.4, -0.2) is 34.6 Å². The lowest BCUT2D eigenvalue weighted by atomic mass is 9.95. The summed E-state index contributed by atoms with van der Waals surface area (Å²) in [6, 6.07) is 8.15. The SMILES string of the molecule is Cc1nc2ccccc2n1CC(=O)NC1CNCCC1C. The van der Waals surface area contributed by atoms with E-state index in [1.165, 1.54) is 0 Å². The molecule has 2 heterocycles. The molecule has 0 aliphatic carbocycles. The number of amides is 1.